The van der Waals surface area contributed by atoms with E-state index in [0.29, 0.717) is 25.4 Å². The van der Waals surface area contributed by atoms with Crippen molar-refractivity contribution in [3.05, 3.63) is 21.9 Å². The SMILES string of the molecule is C#CCC1(C(=O)NC2CC(NC(=O)[C@@H]3C[C@H]3c3ccc(C)s3)C2)CCCO1. The third-order valence-corrected chi connectivity index (χ3v) is 7.11. The summed E-state index contributed by atoms with van der Waals surface area (Å²) in [6.07, 6.45) is 9.78. The molecule has 1 aromatic rings. The molecule has 5 nitrogen and oxygen atoms in total. The number of nitrogens with one attached hydrogen (secondary N) is 2. The molecule has 4 rings (SSSR count). The zero-order valence-corrected chi connectivity index (χ0v) is 16.4. The molecule has 144 valence electrons. The van der Waals surface area contributed by atoms with Gasteiger partial charge in [-0.2, -0.15) is 0 Å². The van der Waals surface area contributed by atoms with Gasteiger partial charge in [0.25, 0.3) is 5.91 Å². The Hall–Kier alpha value is -1.84. The molecule has 2 N–H and O–H groups in total. The van der Waals surface area contributed by atoms with Crippen molar-refractivity contribution in [1.82, 2.24) is 10.6 Å². The van der Waals surface area contributed by atoms with Crippen LogP contribution in [0.2, 0.25) is 0 Å². The maximum atomic E-state index is 12.6. The molecule has 2 saturated carbocycles. The van der Waals surface area contributed by atoms with Crippen LogP contribution in [0.4, 0.5) is 0 Å². The van der Waals surface area contributed by atoms with Crippen molar-refractivity contribution in [2.75, 3.05) is 6.61 Å². The van der Waals surface area contributed by atoms with Gasteiger partial charge in [0.05, 0.1) is 0 Å². The van der Waals surface area contributed by atoms with Gasteiger partial charge < -0.3 is 15.4 Å². The molecule has 2 amide bonds. The van der Waals surface area contributed by atoms with Crippen LogP contribution in [0.15, 0.2) is 12.1 Å². The summed E-state index contributed by atoms with van der Waals surface area (Å²) in [6, 6.07) is 4.51. The highest BCUT2D eigenvalue weighted by Gasteiger charge is 2.47. The largest absolute Gasteiger partial charge is 0.364 e. The minimum atomic E-state index is -0.844. The van der Waals surface area contributed by atoms with Gasteiger partial charge in [-0.3, -0.25) is 9.59 Å². The van der Waals surface area contributed by atoms with Gasteiger partial charge in [0.2, 0.25) is 5.91 Å². The number of carbonyl (C=O) groups is 2. The summed E-state index contributed by atoms with van der Waals surface area (Å²) in [5, 5.41) is 6.20. The van der Waals surface area contributed by atoms with Gasteiger partial charge >= 0.3 is 0 Å². The molecule has 1 aliphatic heterocycles. The van der Waals surface area contributed by atoms with Gasteiger partial charge in [-0.1, -0.05) is 0 Å². The molecule has 1 saturated heterocycles. The van der Waals surface area contributed by atoms with Crippen LogP contribution in [0.25, 0.3) is 0 Å². The number of thiophene rings is 1. The maximum Gasteiger partial charge on any atom is 0.253 e. The van der Waals surface area contributed by atoms with Crippen LogP contribution in [0.1, 0.15) is 54.2 Å². The first-order chi connectivity index (χ1) is 13.0. The van der Waals surface area contributed by atoms with Gasteiger partial charge in [0.1, 0.15) is 0 Å². The van der Waals surface area contributed by atoms with E-state index in [1.807, 2.05) is 0 Å². The zero-order valence-electron chi connectivity index (χ0n) is 15.6. The third-order valence-electron chi connectivity index (χ3n) is 5.98. The molecule has 1 aromatic heterocycles. The van der Waals surface area contributed by atoms with Crippen molar-refractivity contribution < 1.29 is 14.3 Å². The number of rotatable bonds is 6. The second kappa shape index (κ2) is 7.29. The van der Waals surface area contributed by atoms with Gasteiger partial charge in [-0.05, 0) is 51.2 Å². The van der Waals surface area contributed by atoms with Gasteiger partial charge in [0, 0.05) is 46.7 Å². The standard InChI is InChI=1S/C21H26N2O3S/c1-3-7-21(8-4-9-26-21)20(25)23-15-10-14(11-15)22-19(24)17-12-16(17)18-6-5-13(2)27-18/h1,5-6,14-17H,4,7-12H2,2H3,(H,22,24)(H,23,25)/t14?,15?,16-,17-,21?/m1/s1. The molecule has 3 fully saturated rings. The van der Waals surface area contributed by atoms with E-state index in [1.54, 1.807) is 11.3 Å². The quantitative estimate of drug-likeness (QED) is 0.738. The van der Waals surface area contributed by atoms with E-state index >= 15 is 0 Å². The van der Waals surface area contributed by atoms with E-state index in [1.165, 1.54) is 9.75 Å². The first kappa shape index (κ1) is 18.5. The molecule has 3 atom stereocenters. The highest BCUT2D eigenvalue weighted by Crippen LogP contribution is 2.49. The van der Waals surface area contributed by atoms with Crippen LogP contribution in [-0.2, 0) is 14.3 Å². The Kier molecular flexibility index (Phi) is 5.00. The fourth-order valence-corrected chi connectivity index (χ4v) is 5.25. The maximum absolute atomic E-state index is 12.6. The number of ether oxygens (including phenoxy) is 1. The van der Waals surface area contributed by atoms with E-state index in [2.05, 4.69) is 35.6 Å². The lowest BCUT2D eigenvalue weighted by atomic mass is 9.85. The number of amides is 2. The minimum Gasteiger partial charge on any atom is -0.364 e. The van der Waals surface area contributed by atoms with Crippen molar-refractivity contribution in [1.29, 1.82) is 0 Å². The molecule has 1 unspecified atom stereocenters. The first-order valence-electron chi connectivity index (χ1n) is 9.76. The highest BCUT2D eigenvalue weighted by molar-refractivity contribution is 7.12. The van der Waals surface area contributed by atoms with E-state index < -0.39 is 5.60 Å². The molecule has 2 heterocycles. The number of hydrogen-bond donors (Lipinski definition) is 2. The Morgan fingerprint density at radius 3 is 2.70 bits per heavy atom. The van der Waals surface area contributed by atoms with Crippen molar-refractivity contribution >= 4 is 23.2 Å². The summed E-state index contributed by atoms with van der Waals surface area (Å²) in [6.45, 7) is 2.68. The molecule has 0 aromatic carbocycles. The van der Waals surface area contributed by atoms with Crippen molar-refractivity contribution in [2.24, 2.45) is 5.92 Å². The monoisotopic (exact) mass is 386 g/mol. The third kappa shape index (κ3) is 3.76. The van der Waals surface area contributed by atoms with E-state index in [9.17, 15) is 9.59 Å². The van der Waals surface area contributed by atoms with Crippen LogP contribution in [-0.4, -0.2) is 36.1 Å². The second-order valence-corrected chi connectivity index (χ2v) is 9.39. The molecule has 6 heteroatoms. The lowest BCUT2D eigenvalue weighted by Gasteiger charge is -2.38. The summed E-state index contributed by atoms with van der Waals surface area (Å²) >= 11 is 1.79. The molecule has 0 radical (unpaired) electrons. The molecule has 27 heavy (non-hydrogen) atoms. The number of hydrogen-bond acceptors (Lipinski definition) is 4. The summed E-state index contributed by atoms with van der Waals surface area (Å²) in [5.74, 6) is 3.14. The molecular formula is C21H26N2O3S. The Morgan fingerprint density at radius 2 is 2.07 bits per heavy atom. The smallest absolute Gasteiger partial charge is 0.253 e. The predicted molar refractivity (Wildman–Crippen MR) is 104 cm³/mol. The fourth-order valence-electron chi connectivity index (χ4n) is 4.19. The summed E-state index contributed by atoms with van der Waals surface area (Å²) in [5.41, 5.74) is -0.844. The first-order valence-corrected chi connectivity index (χ1v) is 10.6. The molecule has 0 bridgehead atoms. The lowest BCUT2D eigenvalue weighted by Crippen LogP contribution is -2.58. The van der Waals surface area contributed by atoms with E-state index in [-0.39, 0.29) is 29.8 Å². The van der Waals surface area contributed by atoms with Crippen molar-refractivity contribution in [2.45, 2.75) is 69.1 Å². The Labute approximate surface area is 164 Å². The van der Waals surface area contributed by atoms with Crippen LogP contribution in [0, 0.1) is 25.2 Å². The Bertz CT molecular complexity index is 769. The Balaban J connectivity index is 1.21. The Morgan fingerprint density at radius 1 is 1.30 bits per heavy atom. The molecule has 0 spiro atoms. The van der Waals surface area contributed by atoms with E-state index in [4.69, 9.17) is 11.2 Å². The average Bonchev–Trinajstić information content (AvgIpc) is 3.05. The van der Waals surface area contributed by atoms with Gasteiger partial charge in [-0.25, -0.2) is 0 Å². The number of aryl methyl sites for hydroxylation is 1. The fraction of sp³-hybridized carbons (Fsp3) is 0.619. The van der Waals surface area contributed by atoms with Crippen LogP contribution in [0.5, 0.6) is 0 Å². The zero-order chi connectivity index (χ0) is 19.0. The normalized spacial score (nSPS) is 34.4. The van der Waals surface area contributed by atoms with Crippen LogP contribution in [0.3, 0.4) is 0 Å². The number of terminal acetylenes is 1. The van der Waals surface area contributed by atoms with Crippen molar-refractivity contribution in [3.8, 4) is 12.3 Å². The minimum absolute atomic E-state index is 0.0941. The van der Waals surface area contributed by atoms with Gasteiger partial charge in [-0.15, -0.1) is 23.7 Å². The second-order valence-electron chi connectivity index (χ2n) is 8.07. The van der Waals surface area contributed by atoms with E-state index in [0.717, 1.165) is 25.7 Å². The summed E-state index contributed by atoms with van der Waals surface area (Å²) < 4.78 is 5.68. The van der Waals surface area contributed by atoms with Crippen LogP contribution < -0.4 is 10.6 Å². The molecule has 2 aliphatic carbocycles. The molecule has 3 aliphatic rings. The summed E-state index contributed by atoms with van der Waals surface area (Å²) in [7, 11) is 0. The lowest BCUT2D eigenvalue weighted by molar-refractivity contribution is -0.142. The predicted octanol–water partition coefficient (Wildman–Crippen LogP) is 2.50. The van der Waals surface area contributed by atoms with Crippen LogP contribution >= 0.6 is 11.3 Å². The topological polar surface area (TPSA) is 67.4 Å². The number of carbonyl (C=O) groups excluding carboxylic acids is 2. The highest BCUT2D eigenvalue weighted by atomic mass is 32.1. The average molecular weight is 387 g/mol. The summed E-state index contributed by atoms with van der Waals surface area (Å²) in [4.78, 5) is 27.6. The molecular weight excluding hydrogens is 360 g/mol. The van der Waals surface area contributed by atoms with Gasteiger partial charge in [0.15, 0.2) is 5.60 Å². The van der Waals surface area contributed by atoms with Crippen molar-refractivity contribution in [3.63, 3.8) is 0 Å².